The summed E-state index contributed by atoms with van der Waals surface area (Å²) in [4.78, 5) is 0. The Morgan fingerprint density at radius 2 is 1.81 bits per heavy atom. The summed E-state index contributed by atoms with van der Waals surface area (Å²) in [5.74, 6) is 0. The van der Waals surface area contributed by atoms with E-state index in [1.165, 1.54) is 0 Å². The molecule has 88 valence electrons. The van der Waals surface area contributed by atoms with Gasteiger partial charge in [-0.15, -0.1) is 12.6 Å². The number of aryl methyl sites for hydroxylation is 1. The van der Waals surface area contributed by atoms with Crippen LogP contribution >= 0.6 is 35.8 Å². The zero-order valence-corrected chi connectivity index (χ0v) is 11.2. The second-order valence-electron chi connectivity index (χ2n) is 3.51. The molecule has 0 aliphatic carbocycles. The molecule has 0 aliphatic rings. The van der Waals surface area contributed by atoms with Crippen molar-refractivity contribution in [3.8, 4) is 0 Å². The maximum absolute atomic E-state index is 7.07. The molecule has 0 fully saturated rings. The molecule has 0 saturated heterocycles. The molecule has 0 saturated carbocycles. The normalized spacial score (nSPS) is 10.2. The quantitative estimate of drug-likeness (QED) is 0.326. The fraction of sp³-hybridized carbons (Fsp3) is 0.364. The zero-order chi connectivity index (χ0) is 12.0. The summed E-state index contributed by atoms with van der Waals surface area (Å²) >= 11 is 15.6. The first kappa shape index (κ1) is 13.7. The van der Waals surface area contributed by atoms with Gasteiger partial charge in [0, 0.05) is 16.6 Å². The molecule has 0 aromatic heterocycles. The lowest BCUT2D eigenvalue weighted by atomic mass is 10.1. The Balaban J connectivity index is 2.29. The van der Waals surface area contributed by atoms with Crippen molar-refractivity contribution in [2.45, 2.75) is 19.3 Å². The molecule has 0 radical (unpaired) electrons. The van der Waals surface area contributed by atoms with Gasteiger partial charge in [-0.1, -0.05) is 23.2 Å². The van der Waals surface area contributed by atoms with Crippen LogP contribution in [-0.4, -0.2) is 11.7 Å². The van der Waals surface area contributed by atoms with Crippen LogP contribution in [0.25, 0.3) is 0 Å². The minimum atomic E-state index is 0.214. The largest absolute Gasteiger partial charge is 0.365 e. The Labute approximate surface area is 111 Å². The number of benzene rings is 1. The Hall–Kier alpha value is -0.380. The number of nitrogens with one attached hydrogen (secondary N) is 2. The molecular weight excluding hydrogens is 263 g/mol. The van der Waals surface area contributed by atoms with Gasteiger partial charge in [-0.3, -0.25) is 5.41 Å². The summed E-state index contributed by atoms with van der Waals surface area (Å²) in [5, 5.41) is 11.5. The van der Waals surface area contributed by atoms with Crippen molar-refractivity contribution in [3.05, 3.63) is 33.8 Å². The molecule has 2 nitrogen and oxygen atoms in total. The van der Waals surface area contributed by atoms with Crippen LogP contribution in [-0.2, 0) is 6.42 Å². The highest BCUT2D eigenvalue weighted by atomic mass is 35.5. The van der Waals surface area contributed by atoms with E-state index in [0.29, 0.717) is 10.0 Å². The summed E-state index contributed by atoms with van der Waals surface area (Å²) < 4.78 is 0. The summed E-state index contributed by atoms with van der Waals surface area (Å²) in [5.41, 5.74) is 1.15. The minimum Gasteiger partial charge on any atom is -0.365 e. The molecule has 0 spiro atoms. The monoisotopic (exact) mass is 276 g/mol. The van der Waals surface area contributed by atoms with Crippen molar-refractivity contribution in [1.29, 1.82) is 5.41 Å². The van der Waals surface area contributed by atoms with Crippen LogP contribution in [0.5, 0.6) is 0 Å². The second kappa shape index (κ2) is 7.05. The van der Waals surface area contributed by atoms with E-state index < -0.39 is 0 Å². The maximum Gasteiger partial charge on any atom is 0.150 e. The molecule has 0 atom stereocenters. The number of hydrogen-bond donors (Lipinski definition) is 3. The van der Waals surface area contributed by atoms with Crippen LogP contribution in [0.2, 0.25) is 10.0 Å². The SMILES string of the molecule is N=C(S)NCCCCc1cc(Cl)cc(Cl)c1. The Kier molecular flexibility index (Phi) is 6.03. The van der Waals surface area contributed by atoms with Gasteiger partial charge in [0.05, 0.1) is 0 Å². The Bertz CT molecular complexity index is 349. The first-order valence-corrected chi connectivity index (χ1v) is 6.24. The lowest BCUT2D eigenvalue weighted by Crippen LogP contribution is -2.18. The molecule has 1 aromatic carbocycles. The average Bonchev–Trinajstić information content (AvgIpc) is 2.15. The van der Waals surface area contributed by atoms with Gasteiger partial charge in [-0.25, -0.2) is 0 Å². The highest BCUT2D eigenvalue weighted by Gasteiger charge is 1.98. The van der Waals surface area contributed by atoms with Gasteiger partial charge < -0.3 is 5.32 Å². The highest BCUT2D eigenvalue weighted by Crippen LogP contribution is 2.20. The third kappa shape index (κ3) is 5.64. The topological polar surface area (TPSA) is 35.9 Å². The third-order valence-corrected chi connectivity index (χ3v) is 2.70. The molecule has 0 aliphatic heterocycles. The molecule has 1 aromatic rings. The van der Waals surface area contributed by atoms with Crippen molar-refractivity contribution in [2.75, 3.05) is 6.54 Å². The van der Waals surface area contributed by atoms with Crippen molar-refractivity contribution < 1.29 is 0 Å². The van der Waals surface area contributed by atoms with E-state index in [9.17, 15) is 0 Å². The fourth-order valence-corrected chi connectivity index (χ4v) is 2.10. The van der Waals surface area contributed by atoms with Gasteiger partial charge in [-0.05, 0) is 43.0 Å². The molecule has 0 bridgehead atoms. The predicted octanol–water partition coefficient (Wildman–Crippen LogP) is 3.77. The maximum atomic E-state index is 7.07. The van der Waals surface area contributed by atoms with Gasteiger partial charge in [0.15, 0.2) is 5.17 Å². The number of hydrogen-bond acceptors (Lipinski definition) is 1. The zero-order valence-electron chi connectivity index (χ0n) is 8.76. The van der Waals surface area contributed by atoms with E-state index in [0.717, 1.165) is 31.4 Å². The Morgan fingerprint density at radius 3 is 2.38 bits per heavy atom. The third-order valence-electron chi connectivity index (χ3n) is 2.11. The second-order valence-corrected chi connectivity index (χ2v) is 4.83. The number of unbranched alkanes of at least 4 members (excludes halogenated alkanes) is 1. The van der Waals surface area contributed by atoms with E-state index in [1.54, 1.807) is 6.07 Å². The fourth-order valence-electron chi connectivity index (χ4n) is 1.42. The van der Waals surface area contributed by atoms with Crippen LogP contribution in [0, 0.1) is 5.41 Å². The van der Waals surface area contributed by atoms with Gasteiger partial charge >= 0.3 is 0 Å². The van der Waals surface area contributed by atoms with E-state index in [4.69, 9.17) is 28.6 Å². The average molecular weight is 277 g/mol. The van der Waals surface area contributed by atoms with Gasteiger partial charge in [-0.2, -0.15) is 0 Å². The summed E-state index contributed by atoms with van der Waals surface area (Å²) in [6.45, 7) is 0.774. The van der Waals surface area contributed by atoms with Gasteiger partial charge in [0.1, 0.15) is 0 Å². The van der Waals surface area contributed by atoms with E-state index in [-0.39, 0.29) is 5.17 Å². The standard InChI is InChI=1S/C11H14Cl2N2S/c12-9-5-8(6-10(13)7-9)3-1-2-4-15-11(14)16/h5-7H,1-4H2,(H3,14,15,16). The number of amidine groups is 1. The van der Waals surface area contributed by atoms with Crippen LogP contribution in [0.3, 0.4) is 0 Å². The molecule has 0 heterocycles. The van der Waals surface area contributed by atoms with Crippen LogP contribution in [0.15, 0.2) is 18.2 Å². The molecule has 16 heavy (non-hydrogen) atoms. The van der Waals surface area contributed by atoms with Crippen molar-refractivity contribution in [3.63, 3.8) is 0 Å². The summed E-state index contributed by atoms with van der Waals surface area (Å²) in [6.07, 6.45) is 2.97. The van der Waals surface area contributed by atoms with Crippen LogP contribution in [0.4, 0.5) is 0 Å². The molecule has 2 N–H and O–H groups in total. The van der Waals surface area contributed by atoms with Gasteiger partial charge in [0.2, 0.25) is 0 Å². The number of rotatable bonds is 5. The summed E-state index contributed by atoms with van der Waals surface area (Å²) in [7, 11) is 0. The van der Waals surface area contributed by atoms with Crippen molar-refractivity contribution in [2.24, 2.45) is 0 Å². The van der Waals surface area contributed by atoms with Crippen molar-refractivity contribution >= 4 is 41.0 Å². The lowest BCUT2D eigenvalue weighted by Gasteiger charge is -2.04. The summed E-state index contributed by atoms with van der Waals surface area (Å²) in [6, 6.07) is 5.60. The van der Waals surface area contributed by atoms with Crippen LogP contribution in [0.1, 0.15) is 18.4 Å². The van der Waals surface area contributed by atoms with Crippen molar-refractivity contribution in [1.82, 2.24) is 5.32 Å². The lowest BCUT2D eigenvalue weighted by molar-refractivity contribution is 0.711. The van der Waals surface area contributed by atoms with E-state index in [2.05, 4.69) is 17.9 Å². The molecule has 0 unspecified atom stereocenters. The molecular formula is C11H14Cl2N2S. The van der Waals surface area contributed by atoms with E-state index >= 15 is 0 Å². The predicted molar refractivity (Wildman–Crippen MR) is 74.1 cm³/mol. The molecule has 0 amide bonds. The number of thiol groups is 1. The Morgan fingerprint density at radius 1 is 1.19 bits per heavy atom. The molecule has 5 heteroatoms. The van der Waals surface area contributed by atoms with E-state index in [1.807, 2.05) is 12.1 Å². The molecule has 1 rings (SSSR count). The minimum absolute atomic E-state index is 0.214. The highest BCUT2D eigenvalue weighted by molar-refractivity contribution is 7.96. The first-order valence-electron chi connectivity index (χ1n) is 5.04. The first-order chi connectivity index (χ1) is 7.58. The number of halogens is 2. The van der Waals surface area contributed by atoms with Gasteiger partial charge in [0.25, 0.3) is 0 Å². The van der Waals surface area contributed by atoms with Crippen LogP contribution < -0.4 is 5.32 Å². The smallest absolute Gasteiger partial charge is 0.150 e.